The molecule has 1 amide bonds. The van der Waals surface area contributed by atoms with E-state index in [1.807, 2.05) is 6.92 Å². The molecule has 0 unspecified atom stereocenters. The summed E-state index contributed by atoms with van der Waals surface area (Å²) in [6.07, 6.45) is 1.78. The van der Waals surface area contributed by atoms with Gasteiger partial charge >= 0.3 is 5.97 Å². The monoisotopic (exact) mass is 333 g/mol. The second-order valence-electron chi connectivity index (χ2n) is 3.84. The van der Waals surface area contributed by atoms with Crippen LogP contribution in [0, 0.1) is 0 Å². The Kier molecular flexibility index (Phi) is 7.70. The largest absolute Gasteiger partial charge is 0.464 e. The minimum absolute atomic E-state index is 0.0452. The smallest absolute Gasteiger partial charge is 0.362 e. The van der Waals surface area contributed by atoms with Gasteiger partial charge in [0.25, 0.3) is 0 Å². The molecular formula is C12H16ClN3O4S. The van der Waals surface area contributed by atoms with Gasteiger partial charge in [0.1, 0.15) is 18.2 Å². The van der Waals surface area contributed by atoms with Crippen molar-refractivity contribution in [1.29, 1.82) is 0 Å². The first-order valence-electron chi connectivity index (χ1n) is 6.22. The molecule has 0 aliphatic heterocycles. The van der Waals surface area contributed by atoms with Crippen LogP contribution in [-0.2, 0) is 19.2 Å². The van der Waals surface area contributed by atoms with Crippen molar-refractivity contribution in [2.45, 2.75) is 19.8 Å². The van der Waals surface area contributed by atoms with E-state index in [2.05, 4.69) is 20.2 Å². The lowest BCUT2D eigenvalue weighted by molar-refractivity contribution is -0.132. The number of esters is 1. The fourth-order valence-corrected chi connectivity index (χ4v) is 1.98. The third-order valence-electron chi connectivity index (χ3n) is 2.24. The Balaban J connectivity index is 2.83. The molecule has 0 aromatic carbocycles. The van der Waals surface area contributed by atoms with Gasteiger partial charge in [0.2, 0.25) is 11.6 Å². The number of methoxy groups -OCH3 is 1. The Bertz CT molecular complexity index is 518. The highest BCUT2D eigenvalue weighted by Gasteiger charge is 2.19. The molecule has 0 radical (unpaired) electrons. The van der Waals surface area contributed by atoms with Gasteiger partial charge in [-0.05, 0) is 6.42 Å². The van der Waals surface area contributed by atoms with Crippen molar-refractivity contribution in [3.63, 3.8) is 0 Å². The number of oxime groups is 1. The quantitative estimate of drug-likeness (QED) is 0.258. The number of hydrogen-bond acceptors (Lipinski definition) is 7. The molecule has 116 valence electrons. The van der Waals surface area contributed by atoms with Crippen molar-refractivity contribution in [3.8, 4) is 0 Å². The lowest BCUT2D eigenvalue weighted by Crippen LogP contribution is -2.19. The second-order valence-corrected chi connectivity index (χ2v) is 4.96. The van der Waals surface area contributed by atoms with Gasteiger partial charge in [-0.2, -0.15) is 0 Å². The summed E-state index contributed by atoms with van der Waals surface area (Å²) in [6.45, 7) is 2.41. The number of unbranched alkanes of at least 4 members (excludes halogenated alkanes) is 1. The third kappa shape index (κ3) is 5.68. The Labute approximate surface area is 131 Å². The van der Waals surface area contributed by atoms with Crippen LogP contribution >= 0.6 is 22.9 Å². The summed E-state index contributed by atoms with van der Waals surface area (Å²) in [6, 6.07) is 0. The lowest BCUT2D eigenvalue weighted by Gasteiger charge is -2.02. The maximum atomic E-state index is 11.7. The average molecular weight is 334 g/mol. The van der Waals surface area contributed by atoms with Crippen LogP contribution < -0.4 is 5.32 Å². The molecule has 0 fully saturated rings. The van der Waals surface area contributed by atoms with Crippen LogP contribution in [0.15, 0.2) is 10.5 Å². The van der Waals surface area contributed by atoms with E-state index in [1.54, 1.807) is 5.38 Å². The topological polar surface area (TPSA) is 89.9 Å². The molecule has 0 spiro atoms. The number of carbonyl (C=O) groups excluding carboxylic acids is 2. The molecule has 1 aromatic rings. The van der Waals surface area contributed by atoms with Gasteiger partial charge in [-0.1, -0.05) is 18.5 Å². The molecule has 1 N–H and O–H groups in total. The molecule has 1 aromatic heterocycles. The number of hydrogen-bond donors (Lipinski definition) is 1. The van der Waals surface area contributed by atoms with E-state index in [-0.39, 0.29) is 23.2 Å². The molecule has 0 bridgehead atoms. The molecule has 0 aliphatic carbocycles. The van der Waals surface area contributed by atoms with E-state index in [0.717, 1.165) is 24.2 Å². The zero-order valence-corrected chi connectivity index (χ0v) is 13.3. The molecule has 7 nitrogen and oxygen atoms in total. The Morgan fingerprint density at radius 2 is 2.29 bits per heavy atom. The first-order valence-corrected chi connectivity index (χ1v) is 7.63. The van der Waals surface area contributed by atoms with E-state index in [9.17, 15) is 9.59 Å². The molecule has 0 saturated heterocycles. The summed E-state index contributed by atoms with van der Waals surface area (Å²) in [5.74, 6) is -1.21. The van der Waals surface area contributed by atoms with Gasteiger partial charge in [0.05, 0.1) is 7.11 Å². The van der Waals surface area contributed by atoms with Crippen molar-refractivity contribution < 1.29 is 19.2 Å². The predicted octanol–water partition coefficient (Wildman–Crippen LogP) is 2.01. The van der Waals surface area contributed by atoms with Gasteiger partial charge in [-0.3, -0.25) is 4.79 Å². The predicted molar refractivity (Wildman–Crippen MR) is 80.9 cm³/mol. The van der Waals surface area contributed by atoms with E-state index < -0.39 is 5.97 Å². The Morgan fingerprint density at radius 3 is 2.90 bits per heavy atom. The van der Waals surface area contributed by atoms with Gasteiger partial charge in [-0.15, -0.1) is 22.9 Å². The number of halogens is 1. The van der Waals surface area contributed by atoms with Crippen molar-refractivity contribution in [3.05, 3.63) is 11.1 Å². The van der Waals surface area contributed by atoms with Gasteiger partial charge in [0.15, 0.2) is 5.13 Å². The van der Waals surface area contributed by atoms with Gasteiger partial charge in [-0.25, -0.2) is 9.78 Å². The number of rotatable bonds is 8. The molecule has 0 atom stereocenters. The molecular weight excluding hydrogens is 318 g/mol. The summed E-state index contributed by atoms with van der Waals surface area (Å²) in [4.78, 5) is 32.0. The van der Waals surface area contributed by atoms with Crippen LogP contribution in [0.4, 0.5) is 5.13 Å². The van der Waals surface area contributed by atoms with Crippen molar-refractivity contribution in [1.82, 2.24) is 4.98 Å². The standard InChI is InChI=1S/C12H16ClN3O4S/c1-3-4-5-20-16-10(11(18)19-2)8-7-21-12(14-8)15-9(17)6-13/h7H,3-6H2,1-2H3,(H,14,15,17). The number of amides is 1. The number of nitrogens with zero attached hydrogens (tertiary/aromatic N) is 2. The van der Waals surface area contributed by atoms with Crippen LogP contribution in [0.3, 0.4) is 0 Å². The minimum Gasteiger partial charge on any atom is -0.464 e. The minimum atomic E-state index is -0.660. The summed E-state index contributed by atoms with van der Waals surface area (Å²) < 4.78 is 4.64. The van der Waals surface area contributed by atoms with E-state index in [0.29, 0.717) is 11.7 Å². The maximum absolute atomic E-state index is 11.7. The number of anilines is 1. The van der Waals surface area contributed by atoms with Crippen LogP contribution in [0.2, 0.25) is 0 Å². The van der Waals surface area contributed by atoms with Crippen LogP contribution in [-0.4, -0.2) is 42.2 Å². The number of aromatic nitrogens is 1. The normalized spacial score (nSPS) is 11.1. The highest BCUT2D eigenvalue weighted by atomic mass is 35.5. The number of alkyl halides is 1. The Morgan fingerprint density at radius 1 is 1.52 bits per heavy atom. The first kappa shape index (κ1) is 17.4. The second kappa shape index (κ2) is 9.30. The van der Waals surface area contributed by atoms with Crippen LogP contribution in [0.1, 0.15) is 25.5 Å². The zero-order valence-electron chi connectivity index (χ0n) is 11.7. The number of carbonyl (C=O) groups is 2. The highest BCUT2D eigenvalue weighted by Crippen LogP contribution is 2.17. The summed E-state index contributed by atoms with van der Waals surface area (Å²) in [5.41, 5.74) is 0.226. The number of nitrogens with one attached hydrogen (secondary N) is 1. The highest BCUT2D eigenvalue weighted by molar-refractivity contribution is 7.14. The number of ether oxygens (including phenoxy) is 1. The third-order valence-corrected chi connectivity index (χ3v) is 3.24. The first-order chi connectivity index (χ1) is 10.1. The van der Waals surface area contributed by atoms with Crippen molar-refractivity contribution >= 4 is 45.7 Å². The summed E-state index contributed by atoms with van der Waals surface area (Å²) >= 11 is 6.54. The van der Waals surface area contributed by atoms with E-state index in [4.69, 9.17) is 16.4 Å². The number of thiazole rings is 1. The fourth-order valence-electron chi connectivity index (χ4n) is 1.20. The zero-order chi connectivity index (χ0) is 15.7. The summed E-state index contributed by atoms with van der Waals surface area (Å²) in [5, 5.41) is 8.14. The average Bonchev–Trinajstić information content (AvgIpc) is 2.94. The van der Waals surface area contributed by atoms with Crippen LogP contribution in [0.25, 0.3) is 0 Å². The lowest BCUT2D eigenvalue weighted by atomic mass is 10.3. The van der Waals surface area contributed by atoms with Crippen molar-refractivity contribution in [2.75, 3.05) is 24.9 Å². The molecule has 21 heavy (non-hydrogen) atoms. The maximum Gasteiger partial charge on any atom is 0.362 e. The van der Waals surface area contributed by atoms with Crippen LogP contribution in [0.5, 0.6) is 0 Å². The molecule has 0 aliphatic rings. The van der Waals surface area contributed by atoms with Gasteiger partial charge in [0, 0.05) is 5.38 Å². The summed E-state index contributed by atoms with van der Waals surface area (Å²) in [7, 11) is 1.24. The Hall–Kier alpha value is -1.67. The van der Waals surface area contributed by atoms with Gasteiger partial charge < -0.3 is 14.9 Å². The van der Waals surface area contributed by atoms with E-state index in [1.165, 1.54) is 7.11 Å². The molecule has 1 heterocycles. The van der Waals surface area contributed by atoms with Crippen molar-refractivity contribution in [2.24, 2.45) is 5.16 Å². The molecule has 9 heteroatoms. The van der Waals surface area contributed by atoms with E-state index >= 15 is 0 Å². The fraction of sp³-hybridized carbons (Fsp3) is 0.500. The SMILES string of the molecule is CCCCON=C(C(=O)OC)c1csc(NC(=O)CCl)n1. The molecule has 0 saturated carbocycles. The molecule has 1 rings (SSSR count).